The van der Waals surface area contributed by atoms with Gasteiger partial charge in [0.05, 0.1) is 6.10 Å². The standard InChI is InChI=1S/C18H28N2O/c1-20-13-5-4-6-16(20)14-19-15-9-11-18(12-10-15)21-17-7-2-3-8-17/h9-12,16-17,19H,2-8,13-14H2,1H3. The smallest absolute Gasteiger partial charge is 0.119 e. The maximum atomic E-state index is 6.01. The van der Waals surface area contributed by atoms with Gasteiger partial charge in [-0.2, -0.15) is 0 Å². The summed E-state index contributed by atoms with van der Waals surface area (Å²) in [5.74, 6) is 1.02. The molecule has 3 nitrogen and oxygen atoms in total. The molecule has 1 N–H and O–H groups in total. The zero-order chi connectivity index (χ0) is 14.5. The van der Waals surface area contributed by atoms with E-state index in [0.29, 0.717) is 12.1 Å². The Hall–Kier alpha value is -1.22. The Labute approximate surface area is 128 Å². The summed E-state index contributed by atoms with van der Waals surface area (Å²) < 4.78 is 6.01. The van der Waals surface area contributed by atoms with Crippen LogP contribution in [0.3, 0.4) is 0 Å². The normalized spacial score (nSPS) is 24.1. The molecule has 1 aliphatic heterocycles. The van der Waals surface area contributed by atoms with E-state index >= 15 is 0 Å². The number of hydrogen-bond acceptors (Lipinski definition) is 3. The molecule has 2 fully saturated rings. The third-order valence-electron chi connectivity index (χ3n) is 4.92. The van der Waals surface area contributed by atoms with Crippen molar-refractivity contribution in [2.75, 3.05) is 25.5 Å². The second kappa shape index (κ2) is 7.17. The number of anilines is 1. The first-order valence-electron chi connectivity index (χ1n) is 8.52. The van der Waals surface area contributed by atoms with Crippen molar-refractivity contribution in [3.8, 4) is 5.75 Å². The predicted octanol–water partition coefficient (Wildman–Crippen LogP) is 3.90. The number of likely N-dealkylation sites (tertiary alicyclic amines) is 1. The highest BCUT2D eigenvalue weighted by atomic mass is 16.5. The molecule has 1 aromatic rings. The van der Waals surface area contributed by atoms with Crippen molar-refractivity contribution in [1.29, 1.82) is 0 Å². The average Bonchev–Trinajstić information content (AvgIpc) is 3.01. The molecule has 0 bridgehead atoms. The molecule has 2 aliphatic rings. The van der Waals surface area contributed by atoms with E-state index < -0.39 is 0 Å². The fraction of sp³-hybridized carbons (Fsp3) is 0.667. The number of nitrogens with zero attached hydrogens (tertiary/aromatic N) is 1. The van der Waals surface area contributed by atoms with Crippen molar-refractivity contribution < 1.29 is 4.74 Å². The first kappa shape index (κ1) is 14.7. The van der Waals surface area contributed by atoms with E-state index in [0.717, 1.165) is 12.3 Å². The highest BCUT2D eigenvalue weighted by Gasteiger charge is 2.18. The fourth-order valence-corrected chi connectivity index (χ4v) is 3.49. The number of benzene rings is 1. The summed E-state index contributed by atoms with van der Waals surface area (Å²) in [4.78, 5) is 2.48. The van der Waals surface area contributed by atoms with Crippen LogP contribution < -0.4 is 10.1 Å². The van der Waals surface area contributed by atoms with Crippen LogP contribution in [-0.4, -0.2) is 37.2 Å². The third kappa shape index (κ3) is 4.13. The van der Waals surface area contributed by atoms with Crippen LogP contribution >= 0.6 is 0 Å². The van der Waals surface area contributed by atoms with Crippen molar-refractivity contribution in [2.24, 2.45) is 0 Å². The number of rotatable bonds is 5. The molecular formula is C18H28N2O. The average molecular weight is 288 g/mol. The van der Waals surface area contributed by atoms with Crippen LogP contribution in [0.25, 0.3) is 0 Å². The van der Waals surface area contributed by atoms with Gasteiger partial charge >= 0.3 is 0 Å². The Morgan fingerprint density at radius 3 is 2.48 bits per heavy atom. The number of piperidine rings is 1. The van der Waals surface area contributed by atoms with Gasteiger partial charge in [-0.25, -0.2) is 0 Å². The van der Waals surface area contributed by atoms with E-state index in [4.69, 9.17) is 4.74 Å². The minimum absolute atomic E-state index is 0.444. The quantitative estimate of drug-likeness (QED) is 0.889. The molecule has 0 radical (unpaired) electrons. The van der Waals surface area contributed by atoms with Crippen LogP contribution in [0.2, 0.25) is 0 Å². The molecule has 116 valence electrons. The lowest BCUT2D eigenvalue weighted by Gasteiger charge is -2.32. The molecule has 21 heavy (non-hydrogen) atoms. The Morgan fingerprint density at radius 1 is 1.05 bits per heavy atom. The van der Waals surface area contributed by atoms with Gasteiger partial charge in [-0.15, -0.1) is 0 Å². The highest BCUT2D eigenvalue weighted by molar-refractivity contribution is 5.46. The third-order valence-corrected chi connectivity index (χ3v) is 4.92. The van der Waals surface area contributed by atoms with E-state index in [1.54, 1.807) is 0 Å². The Balaban J connectivity index is 1.47. The lowest BCUT2D eigenvalue weighted by atomic mass is 10.0. The minimum Gasteiger partial charge on any atom is -0.490 e. The first-order chi connectivity index (χ1) is 10.3. The van der Waals surface area contributed by atoms with Gasteiger partial charge in [-0.05, 0) is 76.4 Å². The van der Waals surface area contributed by atoms with Gasteiger partial charge in [0, 0.05) is 18.3 Å². The molecule has 1 unspecified atom stereocenters. The summed E-state index contributed by atoms with van der Waals surface area (Å²) in [6.07, 6.45) is 9.54. The second-order valence-electron chi connectivity index (χ2n) is 6.56. The van der Waals surface area contributed by atoms with E-state index in [2.05, 4.69) is 41.5 Å². The number of likely N-dealkylation sites (N-methyl/N-ethyl adjacent to an activating group) is 1. The lowest BCUT2D eigenvalue weighted by molar-refractivity contribution is 0.194. The van der Waals surface area contributed by atoms with Gasteiger partial charge in [0.2, 0.25) is 0 Å². The van der Waals surface area contributed by atoms with Crippen LogP contribution in [0.1, 0.15) is 44.9 Å². The highest BCUT2D eigenvalue weighted by Crippen LogP contribution is 2.25. The molecule has 1 heterocycles. The van der Waals surface area contributed by atoms with Gasteiger partial charge in [-0.1, -0.05) is 6.42 Å². The topological polar surface area (TPSA) is 24.5 Å². The summed E-state index contributed by atoms with van der Waals surface area (Å²) >= 11 is 0. The van der Waals surface area contributed by atoms with Gasteiger partial charge in [-0.3, -0.25) is 0 Å². The molecule has 3 rings (SSSR count). The number of nitrogens with one attached hydrogen (secondary N) is 1. The Kier molecular flexibility index (Phi) is 5.02. The van der Waals surface area contributed by atoms with Crippen molar-refractivity contribution in [3.63, 3.8) is 0 Å². The van der Waals surface area contributed by atoms with Crippen LogP contribution in [0, 0.1) is 0 Å². The van der Waals surface area contributed by atoms with Crippen molar-refractivity contribution in [3.05, 3.63) is 24.3 Å². The number of hydrogen-bond donors (Lipinski definition) is 1. The van der Waals surface area contributed by atoms with E-state index in [-0.39, 0.29) is 0 Å². The molecule has 1 aliphatic carbocycles. The maximum absolute atomic E-state index is 6.01. The largest absolute Gasteiger partial charge is 0.490 e. The van der Waals surface area contributed by atoms with Gasteiger partial charge < -0.3 is 15.0 Å². The van der Waals surface area contributed by atoms with E-state index in [1.165, 1.54) is 57.2 Å². The molecule has 1 aromatic carbocycles. The molecule has 1 saturated heterocycles. The summed E-state index contributed by atoms with van der Waals surface area (Å²) in [5.41, 5.74) is 1.20. The zero-order valence-corrected chi connectivity index (χ0v) is 13.2. The van der Waals surface area contributed by atoms with Crippen molar-refractivity contribution in [2.45, 2.75) is 57.1 Å². The molecule has 1 saturated carbocycles. The first-order valence-corrected chi connectivity index (χ1v) is 8.52. The summed E-state index contributed by atoms with van der Waals surface area (Å²) in [6, 6.07) is 9.17. The summed E-state index contributed by atoms with van der Waals surface area (Å²) in [6.45, 7) is 2.28. The van der Waals surface area contributed by atoms with E-state index in [9.17, 15) is 0 Å². The Morgan fingerprint density at radius 2 is 1.76 bits per heavy atom. The lowest BCUT2D eigenvalue weighted by Crippen LogP contribution is -2.40. The maximum Gasteiger partial charge on any atom is 0.119 e. The monoisotopic (exact) mass is 288 g/mol. The van der Waals surface area contributed by atoms with Crippen LogP contribution in [0.15, 0.2) is 24.3 Å². The van der Waals surface area contributed by atoms with Crippen molar-refractivity contribution >= 4 is 5.69 Å². The Bertz CT molecular complexity index is 425. The molecule has 0 aromatic heterocycles. The van der Waals surface area contributed by atoms with Crippen LogP contribution in [0.5, 0.6) is 5.75 Å². The van der Waals surface area contributed by atoms with Gasteiger partial charge in [0.25, 0.3) is 0 Å². The molecular weight excluding hydrogens is 260 g/mol. The fourth-order valence-electron chi connectivity index (χ4n) is 3.49. The minimum atomic E-state index is 0.444. The molecule has 0 spiro atoms. The number of ether oxygens (including phenoxy) is 1. The van der Waals surface area contributed by atoms with Crippen LogP contribution in [-0.2, 0) is 0 Å². The summed E-state index contributed by atoms with van der Waals surface area (Å²) in [7, 11) is 2.24. The van der Waals surface area contributed by atoms with Gasteiger partial charge in [0.15, 0.2) is 0 Å². The van der Waals surface area contributed by atoms with Crippen LogP contribution in [0.4, 0.5) is 5.69 Å². The molecule has 0 amide bonds. The summed E-state index contributed by atoms with van der Waals surface area (Å²) in [5, 5.41) is 3.57. The predicted molar refractivity (Wildman–Crippen MR) is 88.1 cm³/mol. The van der Waals surface area contributed by atoms with E-state index in [1.807, 2.05) is 0 Å². The zero-order valence-electron chi connectivity index (χ0n) is 13.2. The second-order valence-corrected chi connectivity index (χ2v) is 6.56. The molecule has 3 heteroatoms. The van der Waals surface area contributed by atoms with Crippen molar-refractivity contribution in [1.82, 2.24) is 4.90 Å². The molecule has 1 atom stereocenters. The van der Waals surface area contributed by atoms with Gasteiger partial charge in [0.1, 0.15) is 5.75 Å². The SMILES string of the molecule is CN1CCCCC1CNc1ccc(OC2CCCC2)cc1.